The highest BCUT2D eigenvalue weighted by Gasteiger charge is 2.19. The standard InChI is InChI=1S/C16H27NO3S/c1-12(2)7-6-8-13(3)9-10-21-11-15(16(19)20-5)17-14(4)18/h7,9,15H,6,8,10-11H2,1-5H3,(H,17,18)/b13-9+/t15-/m0/s1. The fourth-order valence-corrected chi connectivity index (χ4v) is 2.63. The van der Waals surface area contributed by atoms with Gasteiger partial charge in [0.2, 0.25) is 5.91 Å². The minimum absolute atomic E-state index is 0.223. The fourth-order valence-electron chi connectivity index (χ4n) is 1.63. The van der Waals surface area contributed by atoms with Gasteiger partial charge in [-0.05, 0) is 33.6 Å². The summed E-state index contributed by atoms with van der Waals surface area (Å²) in [5.41, 5.74) is 2.68. The SMILES string of the molecule is COC(=O)[C@H](CSC/C=C(\C)CCC=C(C)C)NC(C)=O. The molecule has 0 saturated carbocycles. The maximum Gasteiger partial charge on any atom is 0.329 e. The second-order valence-corrected chi connectivity index (χ2v) is 6.26. The quantitative estimate of drug-likeness (QED) is 0.404. The zero-order valence-electron chi connectivity index (χ0n) is 13.7. The van der Waals surface area contributed by atoms with E-state index in [-0.39, 0.29) is 5.91 Å². The molecule has 0 fully saturated rings. The van der Waals surface area contributed by atoms with Crippen LogP contribution in [0, 0.1) is 0 Å². The zero-order chi connectivity index (χ0) is 16.3. The highest BCUT2D eigenvalue weighted by molar-refractivity contribution is 7.99. The molecule has 21 heavy (non-hydrogen) atoms. The van der Waals surface area contributed by atoms with Crippen LogP contribution in [0.15, 0.2) is 23.3 Å². The van der Waals surface area contributed by atoms with Gasteiger partial charge in [0.25, 0.3) is 0 Å². The lowest BCUT2D eigenvalue weighted by atomic mass is 10.1. The summed E-state index contributed by atoms with van der Waals surface area (Å²) in [6, 6.07) is -0.572. The second-order valence-electron chi connectivity index (χ2n) is 5.18. The van der Waals surface area contributed by atoms with Crippen LogP contribution in [0.5, 0.6) is 0 Å². The van der Waals surface area contributed by atoms with E-state index < -0.39 is 12.0 Å². The van der Waals surface area contributed by atoms with Crippen LogP contribution >= 0.6 is 11.8 Å². The number of thioether (sulfide) groups is 1. The smallest absolute Gasteiger partial charge is 0.329 e. The molecule has 0 aromatic carbocycles. The van der Waals surface area contributed by atoms with E-state index in [0.29, 0.717) is 5.75 Å². The fraction of sp³-hybridized carbons (Fsp3) is 0.625. The Bertz CT molecular complexity index is 398. The van der Waals surface area contributed by atoms with Gasteiger partial charge in [-0.1, -0.05) is 23.3 Å². The number of hydrogen-bond donors (Lipinski definition) is 1. The molecule has 0 radical (unpaired) electrons. The number of methoxy groups -OCH3 is 1. The van der Waals surface area contributed by atoms with Crippen molar-refractivity contribution in [3.63, 3.8) is 0 Å². The van der Waals surface area contributed by atoms with Gasteiger partial charge in [0.05, 0.1) is 7.11 Å². The number of esters is 1. The Hall–Kier alpha value is -1.23. The monoisotopic (exact) mass is 313 g/mol. The predicted molar refractivity (Wildman–Crippen MR) is 89.4 cm³/mol. The molecule has 0 aromatic rings. The van der Waals surface area contributed by atoms with Crippen molar-refractivity contribution in [3.8, 4) is 0 Å². The van der Waals surface area contributed by atoms with E-state index in [2.05, 4.69) is 43.0 Å². The van der Waals surface area contributed by atoms with Gasteiger partial charge >= 0.3 is 5.97 Å². The molecular formula is C16H27NO3S. The Morgan fingerprint density at radius 1 is 1.19 bits per heavy atom. The minimum atomic E-state index is -0.572. The summed E-state index contributed by atoms with van der Waals surface area (Å²) in [6.45, 7) is 7.71. The number of ether oxygens (including phenoxy) is 1. The third kappa shape index (κ3) is 11.1. The van der Waals surface area contributed by atoms with Crippen molar-refractivity contribution in [1.29, 1.82) is 0 Å². The molecule has 1 N–H and O–H groups in total. The third-order valence-electron chi connectivity index (χ3n) is 2.79. The summed E-state index contributed by atoms with van der Waals surface area (Å²) < 4.78 is 4.68. The molecule has 0 unspecified atom stereocenters. The van der Waals surface area contributed by atoms with Crippen molar-refractivity contribution in [3.05, 3.63) is 23.3 Å². The van der Waals surface area contributed by atoms with E-state index >= 15 is 0 Å². The number of amides is 1. The molecule has 0 rings (SSSR count). The molecule has 1 amide bonds. The Morgan fingerprint density at radius 2 is 1.86 bits per heavy atom. The van der Waals surface area contributed by atoms with Crippen LogP contribution < -0.4 is 5.32 Å². The van der Waals surface area contributed by atoms with Crippen molar-refractivity contribution in [2.75, 3.05) is 18.6 Å². The molecule has 4 nitrogen and oxygen atoms in total. The van der Waals surface area contributed by atoms with Crippen molar-refractivity contribution < 1.29 is 14.3 Å². The number of carbonyl (C=O) groups excluding carboxylic acids is 2. The first-order chi connectivity index (χ1) is 9.86. The number of allylic oxidation sites excluding steroid dienone is 3. The molecule has 0 aromatic heterocycles. The van der Waals surface area contributed by atoms with Gasteiger partial charge in [-0.25, -0.2) is 4.79 Å². The molecule has 1 atom stereocenters. The van der Waals surface area contributed by atoms with Crippen LogP contribution in [-0.4, -0.2) is 36.5 Å². The molecule has 0 spiro atoms. The maximum atomic E-state index is 11.5. The van der Waals surface area contributed by atoms with Crippen LogP contribution in [0.4, 0.5) is 0 Å². The van der Waals surface area contributed by atoms with Crippen LogP contribution in [0.1, 0.15) is 40.5 Å². The lowest BCUT2D eigenvalue weighted by molar-refractivity contribution is -0.144. The molecule has 0 saturated heterocycles. The summed E-state index contributed by atoms with van der Waals surface area (Å²) in [4.78, 5) is 22.6. The Balaban J connectivity index is 4.10. The van der Waals surface area contributed by atoms with E-state index in [1.807, 2.05) is 0 Å². The van der Waals surface area contributed by atoms with E-state index in [9.17, 15) is 9.59 Å². The van der Waals surface area contributed by atoms with Gasteiger partial charge in [-0.15, -0.1) is 0 Å². The number of rotatable bonds is 9. The molecule has 0 aliphatic rings. The highest BCUT2D eigenvalue weighted by atomic mass is 32.2. The first-order valence-electron chi connectivity index (χ1n) is 7.08. The molecule has 0 aliphatic heterocycles. The molecule has 120 valence electrons. The summed E-state index contributed by atoms with van der Waals surface area (Å²) >= 11 is 1.61. The largest absolute Gasteiger partial charge is 0.467 e. The van der Waals surface area contributed by atoms with Gasteiger partial charge < -0.3 is 10.1 Å². The van der Waals surface area contributed by atoms with E-state index in [4.69, 9.17) is 0 Å². The summed E-state index contributed by atoms with van der Waals surface area (Å²) in [5, 5.41) is 2.60. The third-order valence-corrected chi connectivity index (χ3v) is 3.76. The van der Waals surface area contributed by atoms with Gasteiger partial charge in [-0.2, -0.15) is 11.8 Å². The van der Waals surface area contributed by atoms with Crippen molar-refractivity contribution in [2.24, 2.45) is 0 Å². The predicted octanol–water partition coefficient (Wildman–Crippen LogP) is 3.09. The number of nitrogens with one attached hydrogen (secondary N) is 1. The van der Waals surface area contributed by atoms with Crippen LogP contribution in [-0.2, 0) is 14.3 Å². The Morgan fingerprint density at radius 3 is 2.38 bits per heavy atom. The Kier molecular flexibility index (Phi) is 10.8. The summed E-state index contributed by atoms with van der Waals surface area (Å²) in [6.07, 6.45) is 6.52. The van der Waals surface area contributed by atoms with Crippen LogP contribution in [0.25, 0.3) is 0 Å². The van der Waals surface area contributed by atoms with E-state index in [1.165, 1.54) is 25.2 Å². The molecule has 0 heterocycles. The summed E-state index contributed by atoms with van der Waals surface area (Å²) in [7, 11) is 1.33. The van der Waals surface area contributed by atoms with Gasteiger partial charge in [-0.3, -0.25) is 4.79 Å². The van der Waals surface area contributed by atoms with Gasteiger partial charge in [0, 0.05) is 18.4 Å². The second kappa shape index (κ2) is 11.4. The van der Waals surface area contributed by atoms with E-state index in [0.717, 1.165) is 18.6 Å². The molecule has 5 heteroatoms. The first kappa shape index (κ1) is 19.8. The Labute approximate surface area is 132 Å². The van der Waals surface area contributed by atoms with Crippen LogP contribution in [0.2, 0.25) is 0 Å². The topological polar surface area (TPSA) is 55.4 Å². The lowest BCUT2D eigenvalue weighted by Crippen LogP contribution is -2.42. The van der Waals surface area contributed by atoms with Crippen molar-refractivity contribution in [1.82, 2.24) is 5.32 Å². The zero-order valence-corrected chi connectivity index (χ0v) is 14.5. The first-order valence-corrected chi connectivity index (χ1v) is 8.24. The molecule has 0 aliphatic carbocycles. The average molecular weight is 313 g/mol. The van der Waals surface area contributed by atoms with E-state index in [1.54, 1.807) is 11.8 Å². The van der Waals surface area contributed by atoms with Crippen molar-refractivity contribution in [2.45, 2.75) is 46.6 Å². The lowest BCUT2D eigenvalue weighted by Gasteiger charge is -2.14. The maximum absolute atomic E-state index is 11.5. The highest BCUT2D eigenvalue weighted by Crippen LogP contribution is 2.10. The normalized spacial score (nSPS) is 12.5. The van der Waals surface area contributed by atoms with Gasteiger partial charge in [0.1, 0.15) is 6.04 Å². The molecule has 0 bridgehead atoms. The number of carbonyl (C=O) groups is 2. The minimum Gasteiger partial charge on any atom is -0.467 e. The average Bonchev–Trinajstić information content (AvgIpc) is 2.40. The van der Waals surface area contributed by atoms with Crippen molar-refractivity contribution >= 4 is 23.6 Å². The molecular weight excluding hydrogens is 286 g/mol. The van der Waals surface area contributed by atoms with Gasteiger partial charge in [0.15, 0.2) is 0 Å². The summed E-state index contributed by atoms with van der Waals surface area (Å²) in [5.74, 6) is 0.721. The van der Waals surface area contributed by atoms with Crippen LogP contribution in [0.3, 0.4) is 0 Å². The number of hydrogen-bond acceptors (Lipinski definition) is 4.